The fourth-order valence-electron chi connectivity index (χ4n) is 4.29. The molecule has 4 rings (SSSR count). The zero-order chi connectivity index (χ0) is 16.6. The zero-order valence-electron chi connectivity index (χ0n) is 14.1. The average molecular weight is 324 g/mol. The molecular weight excluding hydrogens is 300 g/mol. The van der Waals surface area contributed by atoms with E-state index < -0.39 is 5.60 Å². The first-order valence-corrected chi connectivity index (χ1v) is 8.68. The molecule has 4 heteroatoms. The van der Waals surface area contributed by atoms with E-state index in [1.807, 2.05) is 25.1 Å². The van der Waals surface area contributed by atoms with E-state index in [2.05, 4.69) is 34.1 Å². The Morgan fingerprint density at radius 2 is 1.83 bits per heavy atom. The van der Waals surface area contributed by atoms with Gasteiger partial charge in [-0.05, 0) is 31.4 Å². The molecule has 126 valence electrons. The van der Waals surface area contributed by atoms with Gasteiger partial charge in [-0.25, -0.2) is 0 Å². The van der Waals surface area contributed by atoms with Crippen molar-refractivity contribution in [3.8, 4) is 0 Å². The third-order valence-corrected chi connectivity index (χ3v) is 5.42. The molecule has 1 aromatic carbocycles. The lowest BCUT2D eigenvalue weighted by atomic mass is 9.76. The molecule has 2 fully saturated rings. The number of aliphatic hydroxyl groups is 1. The van der Waals surface area contributed by atoms with Gasteiger partial charge in [-0.15, -0.1) is 0 Å². The number of morpholine rings is 1. The lowest BCUT2D eigenvalue weighted by molar-refractivity contribution is -0.149. The average Bonchev–Trinajstić information content (AvgIpc) is 2.57. The summed E-state index contributed by atoms with van der Waals surface area (Å²) in [6, 6.07) is 15.0. The molecule has 1 N–H and O–H groups in total. The van der Waals surface area contributed by atoms with E-state index in [0.29, 0.717) is 26.1 Å². The molecule has 0 aliphatic carbocycles. The SMILES string of the molecule is Cc1ncccc1C1(O)CC2COCC(C1)N2Cc1ccccc1. The van der Waals surface area contributed by atoms with Crippen LogP contribution in [0.1, 0.15) is 29.7 Å². The predicted molar refractivity (Wildman–Crippen MR) is 92.5 cm³/mol. The van der Waals surface area contributed by atoms with Crippen LogP contribution in [0, 0.1) is 6.92 Å². The number of benzene rings is 1. The summed E-state index contributed by atoms with van der Waals surface area (Å²) in [6.45, 7) is 4.27. The van der Waals surface area contributed by atoms with Gasteiger partial charge in [-0.3, -0.25) is 9.88 Å². The van der Waals surface area contributed by atoms with Gasteiger partial charge in [-0.2, -0.15) is 0 Å². The number of ether oxygens (including phenoxy) is 1. The van der Waals surface area contributed by atoms with Crippen molar-refractivity contribution in [2.45, 2.75) is 44.0 Å². The van der Waals surface area contributed by atoms with Gasteiger partial charge in [0.1, 0.15) is 0 Å². The van der Waals surface area contributed by atoms with Gasteiger partial charge in [0.25, 0.3) is 0 Å². The first-order chi connectivity index (χ1) is 11.7. The van der Waals surface area contributed by atoms with Gasteiger partial charge in [-0.1, -0.05) is 36.4 Å². The van der Waals surface area contributed by atoms with Crippen LogP contribution in [0.4, 0.5) is 0 Å². The van der Waals surface area contributed by atoms with Gasteiger partial charge in [0.05, 0.1) is 18.8 Å². The van der Waals surface area contributed by atoms with Gasteiger partial charge in [0.15, 0.2) is 0 Å². The van der Waals surface area contributed by atoms with Crippen LogP contribution in [0.25, 0.3) is 0 Å². The van der Waals surface area contributed by atoms with Crippen LogP contribution in [0.15, 0.2) is 48.7 Å². The lowest BCUT2D eigenvalue weighted by Crippen LogP contribution is -2.60. The van der Waals surface area contributed by atoms with E-state index in [4.69, 9.17) is 4.74 Å². The monoisotopic (exact) mass is 324 g/mol. The van der Waals surface area contributed by atoms with E-state index in [1.165, 1.54) is 5.56 Å². The minimum atomic E-state index is -0.801. The summed E-state index contributed by atoms with van der Waals surface area (Å²) in [5.74, 6) is 0. The maximum atomic E-state index is 11.4. The van der Waals surface area contributed by atoms with E-state index >= 15 is 0 Å². The molecule has 0 saturated carbocycles. The number of aryl methyl sites for hydroxylation is 1. The van der Waals surface area contributed by atoms with E-state index in [1.54, 1.807) is 6.20 Å². The Morgan fingerprint density at radius 3 is 2.50 bits per heavy atom. The fraction of sp³-hybridized carbons (Fsp3) is 0.450. The molecule has 2 bridgehead atoms. The molecule has 0 amide bonds. The smallest absolute Gasteiger partial charge is 0.0945 e. The zero-order valence-corrected chi connectivity index (χ0v) is 14.1. The number of nitrogens with zero attached hydrogens (tertiary/aromatic N) is 2. The molecule has 2 aromatic rings. The first-order valence-electron chi connectivity index (χ1n) is 8.68. The third kappa shape index (κ3) is 2.86. The summed E-state index contributed by atoms with van der Waals surface area (Å²) in [6.07, 6.45) is 3.18. The molecule has 2 aliphatic heterocycles. The standard InChI is InChI=1S/C20H24N2O2/c1-15-19(8-5-9-21-15)20(23)10-17-13-24-14-18(11-20)22(17)12-16-6-3-2-4-7-16/h2-9,17-18,23H,10-14H2,1H3. The van der Waals surface area contributed by atoms with Crippen LogP contribution in [-0.2, 0) is 16.9 Å². The summed E-state index contributed by atoms with van der Waals surface area (Å²) in [7, 11) is 0. The second-order valence-corrected chi connectivity index (χ2v) is 7.08. The van der Waals surface area contributed by atoms with Crippen molar-refractivity contribution in [1.82, 2.24) is 9.88 Å². The number of hydrogen-bond acceptors (Lipinski definition) is 4. The molecule has 0 spiro atoms. The first kappa shape index (κ1) is 15.8. The van der Waals surface area contributed by atoms with Crippen molar-refractivity contribution in [2.75, 3.05) is 13.2 Å². The summed E-state index contributed by atoms with van der Waals surface area (Å²) < 4.78 is 5.80. The summed E-state index contributed by atoms with van der Waals surface area (Å²) in [5, 5.41) is 11.4. The van der Waals surface area contributed by atoms with Crippen LogP contribution < -0.4 is 0 Å². The van der Waals surface area contributed by atoms with Gasteiger partial charge < -0.3 is 9.84 Å². The molecule has 2 unspecified atom stereocenters. The van der Waals surface area contributed by atoms with Gasteiger partial charge >= 0.3 is 0 Å². The highest BCUT2D eigenvalue weighted by atomic mass is 16.5. The van der Waals surface area contributed by atoms with Crippen LogP contribution in [0.3, 0.4) is 0 Å². The van der Waals surface area contributed by atoms with E-state index in [0.717, 1.165) is 17.8 Å². The number of fused-ring (bicyclic) bond motifs is 2. The van der Waals surface area contributed by atoms with Crippen molar-refractivity contribution in [2.24, 2.45) is 0 Å². The van der Waals surface area contributed by atoms with Crippen LogP contribution in [-0.4, -0.2) is 40.3 Å². The topological polar surface area (TPSA) is 45.6 Å². The van der Waals surface area contributed by atoms with Crippen LogP contribution >= 0.6 is 0 Å². The maximum Gasteiger partial charge on any atom is 0.0945 e. The predicted octanol–water partition coefficient (Wildman–Crippen LogP) is 2.64. The Morgan fingerprint density at radius 1 is 1.12 bits per heavy atom. The van der Waals surface area contributed by atoms with Crippen molar-refractivity contribution in [1.29, 1.82) is 0 Å². The van der Waals surface area contributed by atoms with Crippen LogP contribution in [0.5, 0.6) is 0 Å². The van der Waals surface area contributed by atoms with Crippen molar-refractivity contribution in [3.05, 3.63) is 65.5 Å². The van der Waals surface area contributed by atoms with Crippen molar-refractivity contribution < 1.29 is 9.84 Å². The molecule has 24 heavy (non-hydrogen) atoms. The number of rotatable bonds is 3. The second-order valence-electron chi connectivity index (χ2n) is 7.08. The molecule has 0 radical (unpaired) electrons. The molecular formula is C20H24N2O2. The number of hydrogen-bond donors (Lipinski definition) is 1. The Balaban J connectivity index is 1.60. The molecule has 2 aliphatic rings. The largest absolute Gasteiger partial charge is 0.385 e. The van der Waals surface area contributed by atoms with Crippen molar-refractivity contribution in [3.63, 3.8) is 0 Å². The summed E-state index contributed by atoms with van der Waals surface area (Å²) in [4.78, 5) is 6.89. The molecule has 3 heterocycles. The summed E-state index contributed by atoms with van der Waals surface area (Å²) in [5.41, 5.74) is 2.42. The van der Waals surface area contributed by atoms with Crippen molar-refractivity contribution >= 4 is 0 Å². The van der Waals surface area contributed by atoms with Gasteiger partial charge in [0.2, 0.25) is 0 Å². The maximum absolute atomic E-state index is 11.4. The second kappa shape index (κ2) is 6.28. The number of aromatic nitrogens is 1. The molecule has 1 aromatic heterocycles. The highest BCUT2D eigenvalue weighted by Crippen LogP contribution is 2.42. The molecule has 2 atom stereocenters. The Kier molecular flexibility index (Phi) is 4.12. The molecule has 2 saturated heterocycles. The van der Waals surface area contributed by atoms with E-state index in [9.17, 15) is 5.11 Å². The number of piperidine rings is 1. The highest BCUT2D eigenvalue weighted by Gasteiger charge is 2.47. The third-order valence-electron chi connectivity index (χ3n) is 5.42. The normalized spacial score (nSPS) is 30.2. The lowest BCUT2D eigenvalue weighted by Gasteiger charge is -2.52. The number of pyridine rings is 1. The highest BCUT2D eigenvalue weighted by molar-refractivity contribution is 5.28. The van der Waals surface area contributed by atoms with E-state index in [-0.39, 0.29) is 12.1 Å². The van der Waals surface area contributed by atoms with Crippen LogP contribution in [0.2, 0.25) is 0 Å². The quantitative estimate of drug-likeness (QED) is 0.943. The summed E-state index contributed by atoms with van der Waals surface area (Å²) >= 11 is 0. The Hall–Kier alpha value is -1.75. The minimum absolute atomic E-state index is 0.238. The molecule has 4 nitrogen and oxygen atoms in total. The minimum Gasteiger partial charge on any atom is -0.385 e. The Labute approximate surface area is 143 Å². The van der Waals surface area contributed by atoms with Gasteiger partial charge in [0, 0.05) is 36.1 Å². The fourth-order valence-corrected chi connectivity index (χ4v) is 4.29. The Bertz CT molecular complexity index is 690.